The van der Waals surface area contributed by atoms with Crippen molar-refractivity contribution < 1.29 is 28.0 Å². The van der Waals surface area contributed by atoms with E-state index >= 15 is 0 Å². The number of likely N-dealkylation sites (N-methyl/N-ethyl adjacent to an activating group) is 1. The summed E-state index contributed by atoms with van der Waals surface area (Å²) in [4.78, 5) is 27.5. The monoisotopic (exact) mass is 454 g/mol. The number of alkyl halides is 3. The zero-order valence-electron chi connectivity index (χ0n) is 16.3. The standard InChI is InChI=1S/C19H17F3N4O4S/c1-18(28,10-25(2)14-6-3-12(4-7-14)23-11-31)17(27)24-13-5-8-16(26(29)30)15(9-13)19(20,21)22/h3-9,28H,10H2,1-2H3,(H,24,27)/t18-/m1/s1. The number of nitrogens with one attached hydrogen (secondary N) is 1. The summed E-state index contributed by atoms with van der Waals surface area (Å²) in [6, 6.07) is 8.69. The molecular weight excluding hydrogens is 437 g/mol. The number of rotatable bonds is 7. The maximum absolute atomic E-state index is 13.1. The zero-order valence-corrected chi connectivity index (χ0v) is 17.1. The molecule has 0 unspecified atom stereocenters. The number of nitro groups is 1. The first-order valence-corrected chi connectivity index (χ1v) is 9.04. The van der Waals surface area contributed by atoms with Gasteiger partial charge in [-0.05, 0) is 55.5 Å². The molecule has 0 heterocycles. The summed E-state index contributed by atoms with van der Waals surface area (Å²) in [5.74, 6) is -0.983. The van der Waals surface area contributed by atoms with Crippen LogP contribution >= 0.6 is 12.2 Å². The molecule has 164 valence electrons. The number of hydrogen-bond donors (Lipinski definition) is 2. The van der Waals surface area contributed by atoms with Crippen LogP contribution in [0.3, 0.4) is 0 Å². The quantitative estimate of drug-likeness (QED) is 0.281. The Hall–Kier alpha value is -3.34. The van der Waals surface area contributed by atoms with Crippen molar-refractivity contribution in [3.05, 3.63) is 58.1 Å². The summed E-state index contributed by atoms with van der Waals surface area (Å²) in [6.07, 6.45) is -4.99. The second-order valence-electron chi connectivity index (χ2n) is 6.79. The predicted octanol–water partition coefficient (Wildman–Crippen LogP) is 4.17. The highest BCUT2D eigenvalue weighted by Gasteiger charge is 2.39. The fourth-order valence-corrected chi connectivity index (χ4v) is 2.83. The number of benzene rings is 2. The molecule has 12 heteroatoms. The number of nitrogens with zero attached hydrogens (tertiary/aromatic N) is 3. The Morgan fingerprint density at radius 2 is 1.90 bits per heavy atom. The van der Waals surface area contributed by atoms with Crippen LogP contribution in [0.15, 0.2) is 47.5 Å². The van der Waals surface area contributed by atoms with Gasteiger partial charge in [-0.1, -0.05) is 0 Å². The van der Waals surface area contributed by atoms with Crippen LogP contribution in [-0.4, -0.2) is 40.3 Å². The highest BCUT2D eigenvalue weighted by molar-refractivity contribution is 7.78. The molecule has 2 rings (SSSR count). The molecule has 0 bridgehead atoms. The lowest BCUT2D eigenvalue weighted by Gasteiger charge is -2.29. The van der Waals surface area contributed by atoms with Crippen molar-refractivity contribution in [2.75, 3.05) is 23.8 Å². The lowest BCUT2D eigenvalue weighted by atomic mass is 10.0. The fourth-order valence-electron chi connectivity index (χ4n) is 2.73. The summed E-state index contributed by atoms with van der Waals surface area (Å²) in [6.45, 7) is 0.993. The molecule has 31 heavy (non-hydrogen) atoms. The van der Waals surface area contributed by atoms with Crippen molar-refractivity contribution in [3.8, 4) is 0 Å². The van der Waals surface area contributed by atoms with E-state index in [2.05, 4.69) is 27.7 Å². The van der Waals surface area contributed by atoms with Crippen molar-refractivity contribution in [2.45, 2.75) is 18.7 Å². The van der Waals surface area contributed by atoms with Crippen LogP contribution in [-0.2, 0) is 11.0 Å². The molecule has 1 atom stereocenters. The number of thiocarbonyl (C=S) groups is 1. The Morgan fingerprint density at radius 1 is 1.29 bits per heavy atom. The van der Waals surface area contributed by atoms with E-state index in [1.165, 1.54) is 6.92 Å². The van der Waals surface area contributed by atoms with E-state index in [0.717, 1.165) is 6.07 Å². The Labute approximate surface area is 180 Å². The Morgan fingerprint density at radius 3 is 2.42 bits per heavy atom. The minimum atomic E-state index is -4.99. The van der Waals surface area contributed by atoms with Crippen molar-refractivity contribution in [3.63, 3.8) is 0 Å². The van der Waals surface area contributed by atoms with Gasteiger partial charge in [-0.25, -0.2) is 0 Å². The number of hydrogen-bond acceptors (Lipinski definition) is 7. The van der Waals surface area contributed by atoms with Gasteiger partial charge in [-0.3, -0.25) is 14.9 Å². The van der Waals surface area contributed by atoms with E-state index in [9.17, 15) is 33.2 Å². The van der Waals surface area contributed by atoms with Gasteiger partial charge in [0.05, 0.1) is 22.3 Å². The third-order valence-corrected chi connectivity index (χ3v) is 4.35. The lowest BCUT2D eigenvalue weighted by molar-refractivity contribution is -0.388. The first-order valence-electron chi connectivity index (χ1n) is 8.63. The van der Waals surface area contributed by atoms with Gasteiger partial charge in [-0.15, -0.1) is 0 Å². The lowest BCUT2D eigenvalue weighted by Crippen LogP contribution is -2.48. The van der Waals surface area contributed by atoms with E-state index in [1.54, 1.807) is 36.2 Å². The average molecular weight is 454 g/mol. The second-order valence-corrected chi connectivity index (χ2v) is 6.97. The van der Waals surface area contributed by atoms with Crippen LogP contribution in [0.25, 0.3) is 0 Å². The number of halogens is 3. The number of amides is 1. The highest BCUT2D eigenvalue weighted by Crippen LogP contribution is 2.37. The minimum absolute atomic E-state index is 0.201. The first kappa shape index (κ1) is 23.9. The molecular formula is C19H17F3N4O4S. The van der Waals surface area contributed by atoms with Crippen molar-refractivity contribution >= 4 is 46.0 Å². The molecule has 0 aliphatic heterocycles. The van der Waals surface area contributed by atoms with Gasteiger partial charge in [-0.2, -0.15) is 18.2 Å². The van der Waals surface area contributed by atoms with Crippen molar-refractivity contribution in [1.29, 1.82) is 0 Å². The van der Waals surface area contributed by atoms with E-state index in [-0.39, 0.29) is 12.2 Å². The summed E-state index contributed by atoms with van der Waals surface area (Å²) >= 11 is 4.52. The smallest absolute Gasteiger partial charge is 0.378 e. The molecule has 0 saturated carbocycles. The molecule has 0 spiro atoms. The molecule has 0 aromatic heterocycles. The molecule has 0 saturated heterocycles. The summed E-state index contributed by atoms with van der Waals surface area (Å²) in [5.41, 5.74) is -3.79. The minimum Gasteiger partial charge on any atom is -0.378 e. The van der Waals surface area contributed by atoms with E-state index in [4.69, 9.17) is 0 Å². The highest BCUT2D eigenvalue weighted by atomic mass is 32.1. The molecule has 8 nitrogen and oxygen atoms in total. The van der Waals surface area contributed by atoms with Crippen LogP contribution in [0.4, 0.5) is 35.9 Å². The summed E-state index contributed by atoms with van der Waals surface area (Å²) < 4.78 is 39.3. The number of carbonyl (C=O) groups is 1. The molecule has 2 aromatic carbocycles. The first-order chi connectivity index (χ1) is 14.3. The summed E-state index contributed by atoms with van der Waals surface area (Å²) in [7, 11) is 1.60. The van der Waals surface area contributed by atoms with Crippen molar-refractivity contribution in [1.82, 2.24) is 0 Å². The number of aliphatic imine (C=N–C) groups is 1. The van der Waals surface area contributed by atoms with Crippen LogP contribution in [0.5, 0.6) is 0 Å². The molecule has 0 fully saturated rings. The Bertz CT molecular complexity index is 1040. The number of anilines is 2. The maximum Gasteiger partial charge on any atom is 0.423 e. The van der Waals surface area contributed by atoms with Gasteiger partial charge in [0.25, 0.3) is 11.6 Å². The van der Waals surface area contributed by atoms with E-state index in [0.29, 0.717) is 23.5 Å². The molecule has 1 amide bonds. The van der Waals surface area contributed by atoms with Gasteiger partial charge < -0.3 is 15.3 Å². The molecule has 0 aliphatic rings. The van der Waals surface area contributed by atoms with Crippen LogP contribution < -0.4 is 10.2 Å². The zero-order chi connectivity index (χ0) is 23.4. The Balaban J connectivity index is 2.18. The average Bonchev–Trinajstić information content (AvgIpc) is 2.67. The van der Waals surface area contributed by atoms with Gasteiger partial charge in [0.1, 0.15) is 5.56 Å². The maximum atomic E-state index is 13.1. The third-order valence-electron chi connectivity index (χ3n) is 4.26. The van der Waals surface area contributed by atoms with Crippen molar-refractivity contribution in [2.24, 2.45) is 4.99 Å². The largest absolute Gasteiger partial charge is 0.423 e. The molecule has 2 aromatic rings. The fraction of sp³-hybridized carbons (Fsp3) is 0.263. The Kier molecular flexibility index (Phi) is 7.11. The SMILES string of the molecule is CN(C[C@@](C)(O)C(=O)Nc1ccc([N+](=O)[O-])c(C(F)(F)F)c1)c1ccc(N=C=S)cc1. The molecule has 0 radical (unpaired) electrons. The van der Waals surface area contributed by atoms with Gasteiger partial charge in [0, 0.05) is 24.5 Å². The number of carbonyl (C=O) groups excluding carboxylic acids is 1. The van der Waals surface area contributed by atoms with Gasteiger partial charge >= 0.3 is 6.18 Å². The number of nitro benzene ring substituents is 1. The number of isothiocyanates is 1. The molecule has 2 N–H and O–H groups in total. The van der Waals surface area contributed by atoms with Crippen LogP contribution in [0.1, 0.15) is 12.5 Å². The van der Waals surface area contributed by atoms with Gasteiger partial charge in [0.15, 0.2) is 5.60 Å². The predicted molar refractivity (Wildman–Crippen MR) is 112 cm³/mol. The van der Waals surface area contributed by atoms with Crippen LogP contribution in [0, 0.1) is 10.1 Å². The van der Waals surface area contributed by atoms with Gasteiger partial charge in [0.2, 0.25) is 0 Å². The normalized spacial score (nSPS) is 13.0. The topological polar surface area (TPSA) is 108 Å². The summed E-state index contributed by atoms with van der Waals surface area (Å²) in [5, 5.41) is 25.8. The van der Waals surface area contributed by atoms with E-state index in [1.807, 2.05) is 0 Å². The molecule has 0 aliphatic carbocycles. The van der Waals surface area contributed by atoms with Crippen LogP contribution in [0.2, 0.25) is 0 Å². The van der Waals surface area contributed by atoms with E-state index < -0.39 is 33.9 Å². The second kappa shape index (κ2) is 9.21. The third kappa shape index (κ3) is 6.07. The number of aliphatic hydroxyl groups is 1.